The second-order valence-corrected chi connectivity index (χ2v) is 7.21. The number of H-pyrrole nitrogens is 1. The lowest BCUT2D eigenvalue weighted by atomic mass is 9.80. The van der Waals surface area contributed by atoms with E-state index in [1.54, 1.807) is 0 Å². The number of aliphatic hydroxyl groups excluding tert-OH is 1. The van der Waals surface area contributed by atoms with Crippen LogP contribution in [-0.4, -0.2) is 33.9 Å². The van der Waals surface area contributed by atoms with Crippen LogP contribution in [0.4, 0.5) is 0 Å². The number of hydrogen-bond acceptors (Lipinski definition) is 3. The Morgan fingerprint density at radius 2 is 2.29 bits per heavy atom. The van der Waals surface area contributed by atoms with Crippen LogP contribution in [0.25, 0.3) is 0 Å². The summed E-state index contributed by atoms with van der Waals surface area (Å²) in [5.41, 5.74) is 2.00. The Kier molecular flexibility index (Phi) is 4.71. The SMILES string of the molecule is CC(C)C(O)C(C)(C)CNC(=O)C1CCc2cn[nH]c2C1. The Morgan fingerprint density at radius 1 is 1.57 bits per heavy atom. The molecule has 1 aliphatic rings. The van der Waals surface area contributed by atoms with Gasteiger partial charge in [-0.3, -0.25) is 9.89 Å². The Bertz CT molecular complexity index is 493. The largest absolute Gasteiger partial charge is 0.392 e. The molecule has 1 aromatic heterocycles. The van der Waals surface area contributed by atoms with Gasteiger partial charge in [0.2, 0.25) is 5.91 Å². The molecule has 2 unspecified atom stereocenters. The first kappa shape index (κ1) is 16.0. The van der Waals surface area contributed by atoms with Gasteiger partial charge < -0.3 is 10.4 Å². The van der Waals surface area contributed by atoms with Crippen molar-refractivity contribution < 1.29 is 9.90 Å². The van der Waals surface area contributed by atoms with Crippen LogP contribution in [0.3, 0.4) is 0 Å². The normalized spacial score (nSPS) is 20.2. The van der Waals surface area contributed by atoms with Crippen molar-refractivity contribution in [1.29, 1.82) is 0 Å². The topological polar surface area (TPSA) is 78.0 Å². The molecule has 2 rings (SSSR count). The van der Waals surface area contributed by atoms with Gasteiger partial charge in [-0.15, -0.1) is 0 Å². The summed E-state index contributed by atoms with van der Waals surface area (Å²) in [6.07, 6.45) is 3.93. The highest BCUT2D eigenvalue weighted by Gasteiger charge is 2.32. The van der Waals surface area contributed by atoms with E-state index in [1.165, 1.54) is 5.56 Å². The number of aromatic amines is 1. The van der Waals surface area contributed by atoms with Crippen LogP contribution < -0.4 is 5.32 Å². The van der Waals surface area contributed by atoms with Gasteiger partial charge in [0, 0.05) is 30.0 Å². The minimum absolute atomic E-state index is 0.00458. The van der Waals surface area contributed by atoms with E-state index in [0.717, 1.165) is 25.0 Å². The van der Waals surface area contributed by atoms with Crippen LogP contribution in [0, 0.1) is 17.3 Å². The van der Waals surface area contributed by atoms with Gasteiger partial charge in [0.1, 0.15) is 0 Å². The highest BCUT2D eigenvalue weighted by atomic mass is 16.3. The molecule has 5 nitrogen and oxygen atoms in total. The fraction of sp³-hybridized carbons (Fsp3) is 0.750. The van der Waals surface area contributed by atoms with Gasteiger partial charge in [-0.05, 0) is 24.3 Å². The molecule has 0 aliphatic heterocycles. The number of rotatable bonds is 5. The molecule has 3 N–H and O–H groups in total. The van der Waals surface area contributed by atoms with Crippen molar-refractivity contribution in [3.63, 3.8) is 0 Å². The minimum Gasteiger partial charge on any atom is -0.392 e. The van der Waals surface area contributed by atoms with Crippen molar-refractivity contribution >= 4 is 5.91 Å². The number of carbonyl (C=O) groups is 1. The van der Waals surface area contributed by atoms with E-state index >= 15 is 0 Å². The predicted octanol–water partition coefficient (Wildman–Crippen LogP) is 1.67. The highest BCUT2D eigenvalue weighted by Crippen LogP contribution is 2.27. The molecule has 1 aliphatic carbocycles. The highest BCUT2D eigenvalue weighted by molar-refractivity contribution is 5.79. The van der Waals surface area contributed by atoms with Gasteiger partial charge in [-0.2, -0.15) is 5.10 Å². The van der Waals surface area contributed by atoms with E-state index in [4.69, 9.17) is 0 Å². The number of amides is 1. The summed E-state index contributed by atoms with van der Waals surface area (Å²) in [4.78, 5) is 12.3. The van der Waals surface area contributed by atoms with Gasteiger partial charge in [-0.25, -0.2) is 0 Å². The summed E-state index contributed by atoms with van der Waals surface area (Å²) < 4.78 is 0. The van der Waals surface area contributed by atoms with Crippen LogP contribution in [0.1, 0.15) is 45.4 Å². The van der Waals surface area contributed by atoms with E-state index in [1.807, 2.05) is 33.9 Å². The molecule has 0 saturated carbocycles. The molecular weight excluding hydrogens is 266 g/mol. The zero-order valence-electron chi connectivity index (χ0n) is 13.4. The van der Waals surface area contributed by atoms with Crippen molar-refractivity contribution in [2.45, 2.75) is 53.1 Å². The molecular formula is C16H27N3O2. The van der Waals surface area contributed by atoms with E-state index in [0.29, 0.717) is 6.54 Å². The molecule has 0 spiro atoms. The summed E-state index contributed by atoms with van der Waals surface area (Å²) in [6.45, 7) is 8.47. The van der Waals surface area contributed by atoms with Crippen molar-refractivity contribution in [3.05, 3.63) is 17.5 Å². The van der Waals surface area contributed by atoms with Gasteiger partial charge in [-0.1, -0.05) is 27.7 Å². The predicted molar refractivity (Wildman–Crippen MR) is 81.7 cm³/mol. The number of aromatic nitrogens is 2. The molecule has 1 amide bonds. The molecule has 1 aromatic rings. The Hall–Kier alpha value is -1.36. The van der Waals surface area contributed by atoms with Crippen LogP contribution in [0.2, 0.25) is 0 Å². The molecule has 2 atom stereocenters. The Balaban J connectivity index is 1.88. The summed E-state index contributed by atoms with van der Waals surface area (Å²) >= 11 is 0. The van der Waals surface area contributed by atoms with Crippen LogP contribution in [0.5, 0.6) is 0 Å². The molecule has 0 saturated heterocycles. The zero-order chi connectivity index (χ0) is 15.6. The molecule has 0 aromatic carbocycles. The number of carbonyl (C=O) groups excluding carboxylic acids is 1. The smallest absolute Gasteiger partial charge is 0.223 e. The average molecular weight is 293 g/mol. The molecule has 21 heavy (non-hydrogen) atoms. The van der Waals surface area contributed by atoms with Crippen molar-refractivity contribution in [3.8, 4) is 0 Å². The van der Waals surface area contributed by atoms with Crippen molar-refractivity contribution in [2.75, 3.05) is 6.54 Å². The average Bonchev–Trinajstić information content (AvgIpc) is 2.91. The Labute approximate surface area is 126 Å². The summed E-state index contributed by atoms with van der Waals surface area (Å²) in [5, 5.41) is 20.2. The summed E-state index contributed by atoms with van der Waals surface area (Å²) in [7, 11) is 0. The van der Waals surface area contributed by atoms with Crippen molar-refractivity contribution in [2.24, 2.45) is 17.3 Å². The lowest BCUT2D eigenvalue weighted by Crippen LogP contribution is -2.45. The molecule has 0 bridgehead atoms. The molecule has 1 heterocycles. The second-order valence-electron chi connectivity index (χ2n) is 7.21. The third kappa shape index (κ3) is 3.64. The van der Waals surface area contributed by atoms with Crippen LogP contribution in [0.15, 0.2) is 6.20 Å². The number of aliphatic hydroxyl groups is 1. The maximum atomic E-state index is 12.3. The zero-order valence-corrected chi connectivity index (χ0v) is 13.4. The number of nitrogens with one attached hydrogen (secondary N) is 2. The van der Waals surface area contributed by atoms with Gasteiger partial charge in [0.15, 0.2) is 0 Å². The number of fused-ring (bicyclic) bond motifs is 1. The lowest BCUT2D eigenvalue weighted by molar-refractivity contribution is -0.126. The van der Waals surface area contributed by atoms with Crippen LogP contribution in [-0.2, 0) is 17.6 Å². The van der Waals surface area contributed by atoms with E-state index in [9.17, 15) is 9.90 Å². The molecule has 0 radical (unpaired) electrons. The summed E-state index contributed by atoms with van der Waals surface area (Å²) in [6, 6.07) is 0. The quantitative estimate of drug-likeness (QED) is 0.773. The van der Waals surface area contributed by atoms with Gasteiger partial charge >= 0.3 is 0 Å². The Morgan fingerprint density at radius 3 is 2.95 bits per heavy atom. The van der Waals surface area contributed by atoms with E-state index < -0.39 is 6.10 Å². The fourth-order valence-corrected chi connectivity index (χ4v) is 3.10. The van der Waals surface area contributed by atoms with E-state index in [2.05, 4.69) is 15.5 Å². The van der Waals surface area contributed by atoms with E-state index in [-0.39, 0.29) is 23.2 Å². The molecule has 0 fully saturated rings. The lowest BCUT2D eigenvalue weighted by Gasteiger charge is -2.34. The maximum Gasteiger partial charge on any atom is 0.223 e. The molecule has 118 valence electrons. The fourth-order valence-electron chi connectivity index (χ4n) is 3.10. The third-order valence-electron chi connectivity index (χ3n) is 4.54. The minimum atomic E-state index is -0.427. The monoisotopic (exact) mass is 293 g/mol. The number of nitrogens with zero attached hydrogens (tertiary/aromatic N) is 1. The first-order valence-corrected chi connectivity index (χ1v) is 7.78. The maximum absolute atomic E-state index is 12.3. The van der Waals surface area contributed by atoms with Gasteiger partial charge in [0.05, 0.1) is 12.3 Å². The van der Waals surface area contributed by atoms with Crippen molar-refractivity contribution in [1.82, 2.24) is 15.5 Å². The number of hydrogen-bond donors (Lipinski definition) is 3. The van der Waals surface area contributed by atoms with Gasteiger partial charge in [0.25, 0.3) is 0 Å². The first-order chi connectivity index (χ1) is 9.81. The number of aryl methyl sites for hydroxylation is 1. The third-order valence-corrected chi connectivity index (χ3v) is 4.54. The van der Waals surface area contributed by atoms with Crippen LogP contribution >= 0.6 is 0 Å². The first-order valence-electron chi connectivity index (χ1n) is 7.78. The molecule has 5 heteroatoms. The summed E-state index contributed by atoms with van der Waals surface area (Å²) in [5.74, 6) is 0.267. The standard InChI is InChI=1S/C16H27N3O2/c1-10(2)14(20)16(3,4)9-17-15(21)11-5-6-12-8-18-19-13(12)7-11/h8,10-11,14,20H,5-7,9H2,1-4H3,(H,17,21)(H,18,19). The second kappa shape index (κ2) is 6.18.